The number of nitrogens with zero attached hydrogens (tertiary/aromatic N) is 3. The first kappa shape index (κ1) is 48.1. The number of anilines is 6. The molecule has 16 rings (SSSR count). The van der Waals surface area contributed by atoms with Crippen molar-refractivity contribution in [3.63, 3.8) is 0 Å². The van der Waals surface area contributed by atoms with Crippen molar-refractivity contribution in [1.29, 1.82) is 0 Å². The number of hydrogen-bond donors (Lipinski definition) is 1. The molecule has 1 aliphatic rings. The van der Waals surface area contributed by atoms with Gasteiger partial charge in [-0.1, -0.05) is 53.7 Å². The Morgan fingerprint density at radius 2 is 1.04 bits per heavy atom. The van der Waals surface area contributed by atoms with Gasteiger partial charge < -0.3 is 0 Å². The molecule has 6 heteroatoms. The van der Waals surface area contributed by atoms with Crippen molar-refractivity contribution in [3.05, 3.63) is 242 Å². The summed E-state index contributed by atoms with van der Waals surface area (Å²) in [5, 5.41) is 9.50. The summed E-state index contributed by atoms with van der Waals surface area (Å²) in [5.74, 6) is 0. The number of aromatic amines is 1. The Bertz CT molecular complexity index is 5080. The van der Waals surface area contributed by atoms with Crippen LogP contribution in [0.25, 0.3) is 104 Å². The first-order valence-electron chi connectivity index (χ1n) is 28.2. The van der Waals surface area contributed by atoms with E-state index in [1.165, 1.54) is 101 Å². The molecule has 0 fully saturated rings. The zero-order valence-corrected chi connectivity index (χ0v) is 48.6. The number of benzene rings is 11. The molecular formula is C75H58IN4O-. The Balaban J connectivity index is 1.06. The van der Waals surface area contributed by atoms with Crippen molar-refractivity contribution in [2.24, 2.45) is 0 Å². The summed E-state index contributed by atoms with van der Waals surface area (Å²) < 4.78 is 12.9. The van der Waals surface area contributed by atoms with E-state index in [2.05, 4.69) is 286 Å². The standard InChI is InChI=1S/C75H58IN4O/c1-44-22-11-16-38-61(44)79(49-28-18-24-46(41-49)45-23-17-25-47(40-45)74(2,3)4)63-42-56-50-29-12-14-36-59(50)76-67(56)70-65(63)54-33-19-34-55-66-64(43-57-51-30-13-15-37-60(51)77-68(57)71(66)80(70)69(54)55)78(48-26-9-8-10-27-48)62-39-21-32-53-52-31-20-35-58(75(5,6)7)72(52)81-73(53)62/h8-43,77H,1-7H3/q-1. The number of aromatic nitrogens is 2. The summed E-state index contributed by atoms with van der Waals surface area (Å²) in [7, 11) is 0. The van der Waals surface area contributed by atoms with Crippen LogP contribution in [-0.4, -0.2) is 9.38 Å². The third-order valence-electron chi connectivity index (χ3n) is 17.2. The molecule has 1 N–H and O–H groups in total. The van der Waals surface area contributed by atoms with Gasteiger partial charge in [-0.05, 0) is 5.41 Å². The second kappa shape index (κ2) is 17.6. The number of para-hydroxylation sites is 6. The Morgan fingerprint density at radius 3 is 1.84 bits per heavy atom. The van der Waals surface area contributed by atoms with Gasteiger partial charge in [-0.2, -0.15) is 0 Å². The van der Waals surface area contributed by atoms with E-state index in [1.807, 2.05) is 0 Å². The van der Waals surface area contributed by atoms with Gasteiger partial charge in [0, 0.05) is 0 Å². The fourth-order valence-electron chi connectivity index (χ4n) is 13.4. The van der Waals surface area contributed by atoms with Crippen molar-refractivity contribution in [1.82, 2.24) is 9.38 Å². The van der Waals surface area contributed by atoms with Crippen molar-refractivity contribution >= 4 is 116 Å². The van der Waals surface area contributed by atoms with Gasteiger partial charge in [-0.25, -0.2) is 0 Å². The predicted octanol–water partition coefficient (Wildman–Crippen LogP) is 18.0. The van der Waals surface area contributed by atoms with Crippen LogP contribution in [0.5, 0.6) is 0 Å². The Labute approximate surface area is 481 Å². The molecule has 81 heavy (non-hydrogen) atoms. The van der Waals surface area contributed by atoms with Gasteiger partial charge in [-0.15, -0.1) is 0 Å². The Morgan fingerprint density at radius 1 is 0.432 bits per heavy atom. The topological polar surface area (TPSA) is 39.8 Å². The number of hydrogen-bond acceptors (Lipinski definition) is 3. The summed E-state index contributed by atoms with van der Waals surface area (Å²) in [6, 6.07) is 81.6. The molecule has 0 saturated heterocycles. The number of nitrogens with one attached hydrogen (secondary N) is 1. The quantitative estimate of drug-likeness (QED) is 0.162. The molecule has 0 spiro atoms. The molecule has 0 unspecified atom stereocenters. The molecular weight excluding hydrogens is 1100 g/mol. The minimum absolute atomic E-state index is 0.0183. The third-order valence-corrected chi connectivity index (χ3v) is 20.3. The van der Waals surface area contributed by atoms with Crippen LogP contribution < -0.4 is 31.0 Å². The normalized spacial score (nSPS) is 12.9. The average Bonchev–Trinajstić information content (AvgIpc) is 4.44. The van der Waals surface area contributed by atoms with Crippen molar-refractivity contribution < 1.29 is 25.6 Å². The molecule has 0 amide bonds. The van der Waals surface area contributed by atoms with Crippen LogP contribution >= 0.6 is 0 Å². The van der Waals surface area contributed by atoms with Crippen molar-refractivity contribution in [2.75, 3.05) is 9.80 Å². The third kappa shape index (κ3) is 7.15. The van der Waals surface area contributed by atoms with Gasteiger partial charge >= 0.3 is 425 Å². The number of H-pyrrole nitrogens is 1. The Hall–Kier alpha value is -8.85. The van der Waals surface area contributed by atoms with Crippen LogP contribution in [-0.2, 0) is 10.8 Å². The minimum atomic E-state index is -0.599. The number of aryl methyl sites for hydroxylation is 1. The van der Waals surface area contributed by atoms with E-state index in [4.69, 9.17) is 4.42 Å². The van der Waals surface area contributed by atoms with Crippen LogP contribution in [0.4, 0.5) is 34.1 Å². The van der Waals surface area contributed by atoms with E-state index in [0.717, 1.165) is 61.4 Å². The summed E-state index contributed by atoms with van der Waals surface area (Å²) >= 11 is -0.599. The van der Waals surface area contributed by atoms with E-state index < -0.39 is 21.2 Å². The van der Waals surface area contributed by atoms with Gasteiger partial charge in [0.1, 0.15) is 0 Å². The van der Waals surface area contributed by atoms with Gasteiger partial charge in [0.05, 0.1) is 0 Å². The van der Waals surface area contributed by atoms with Crippen LogP contribution in [0.2, 0.25) is 0 Å². The molecule has 0 saturated carbocycles. The first-order chi connectivity index (χ1) is 39.4. The predicted molar refractivity (Wildman–Crippen MR) is 338 cm³/mol. The van der Waals surface area contributed by atoms with Crippen LogP contribution in [0.1, 0.15) is 58.2 Å². The van der Waals surface area contributed by atoms with E-state index in [-0.39, 0.29) is 10.8 Å². The average molecular weight is 1160 g/mol. The van der Waals surface area contributed by atoms with Gasteiger partial charge in [0.2, 0.25) is 0 Å². The van der Waals surface area contributed by atoms with Gasteiger partial charge in [0.15, 0.2) is 0 Å². The molecule has 0 bridgehead atoms. The molecule has 5 heterocycles. The summed E-state index contributed by atoms with van der Waals surface area (Å²) in [6.45, 7) is 16.0. The molecule has 11 aromatic carbocycles. The zero-order valence-electron chi connectivity index (χ0n) is 46.4. The maximum absolute atomic E-state index is 7.28. The zero-order chi connectivity index (χ0) is 54.6. The maximum atomic E-state index is 7.28. The van der Waals surface area contributed by atoms with Crippen LogP contribution in [0.3, 0.4) is 0 Å². The van der Waals surface area contributed by atoms with Gasteiger partial charge in [0.25, 0.3) is 0 Å². The molecule has 15 aromatic rings. The Kier molecular flexibility index (Phi) is 10.4. The molecule has 0 aliphatic carbocycles. The fourth-order valence-corrected chi connectivity index (χ4v) is 16.6. The molecule has 0 radical (unpaired) electrons. The first-order valence-corrected chi connectivity index (χ1v) is 30.4. The van der Waals surface area contributed by atoms with Crippen LogP contribution in [0.15, 0.2) is 223 Å². The summed E-state index contributed by atoms with van der Waals surface area (Å²) in [6.07, 6.45) is 0. The van der Waals surface area contributed by atoms with E-state index in [0.29, 0.717) is 0 Å². The second-order valence-electron chi connectivity index (χ2n) is 24.2. The number of fused-ring (bicyclic) bond motifs is 17. The second-order valence-corrected chi connectivity index (χ2v) is 26.9. The van der Waals surface area contributed by atoms with E-state index in [1.54, 1.807) is 0 Å². The van der Waals surface area contributed by atoms with Crippen molar-refractivity contribution in [3.8, 4) is 22.3 Å². The molecule has 5 nitrogen and oxygen atoms in total. The fraction of sp³-hybridized carbons (Fsp3) is 0.120. The SMILES string of the molecule is Cc1ccccc1N(c1cccc(-c2cccc(C(C)(C)C)c2)c1)c1cc2c(c3c1c1cccc4c5c(N(c6ccccc6)c6cccc7c6oc6c(C(C)(C)C)cccc67)cc6c7ccccc7[nH]c6c5n3c14)[I-]c1ccccc1-2. The summed E-state index contributed by atoms with van der Waals surface area (Å²) in [5.41, 5.74) is 23.0. The van der Waals surface area contributed by atoms with Crippen LogP contribution in [0, 0.1) is 14.1 Å². The van der Waals surface area contributed by atoms with Gasteiger partial charge in [-0.3, -0.25) is 0 Å². The monoisotopic (exact) mass is 1160 g/mol. The van der Waals surface area contributed by atoms with Crippen molar-refractivity contribution in [2.45, 2.75) is 59.3 Å². The molecule has 1 aliphatic heterocycles. The molecule has 4 aromatic heterocycles. The number of rotatable bonds is 7. The number of halogens is 1. The summed E-state index contributed by atoms with van der Waals surface area (Å²) in [4.78, 5) is 9.13. The van der Waals surface area contributed by atoms with E-state index >= 15 is 0 Å². The number of furan rings is 1. The van der Waals surface area contributed by atoms with E-state index in [9.17, 15) is 0 Å². The molecule has 0 atom stereocenters. The molecule has 392 valence electrons.